The second-order valence-corrected chi connectivity index (χ2v) is 6.43. The van der Waals surface area contributed by atoms with Crippen LogP contribution in [0.3, 0.4) is 0 Å². The molecule has 23 heavy (non-hydrogen) atoms. The summed E-state index contributed by atoms with van der Waals surface area (Å²) in [6, 6.07) is 6.04. The van der Waals surface area contributed by atoms with E-state index in [0.29, 0.717) is 12.3 Å². The van der Waals surface area contributed by atoms with Gasteiger partial charge >= 0.3 is 0 Å². The molecule has 1 aromatic carbocycles. The molecule has 1 aromatic heterocycles. The van der Waals surface area contributed by atoms with E-state index in [9.17, 15) is 9.90 Å². The average Bonchev–Trinajstić information content (AvgIpc) is 3.26. The first-order valence-corrected chi connectivity index (χ1v) is 8.21. The van der Waals surface area contributed by atoms with Crippen LogP contribution < -0.4 is 5.32 Å². The highest BCUT2D eigenvalue weighted by Crippen LogP contribution is 2.28. The van der Waals surface area contributed by atoms with Crippen molar-refractivity contribution in [1.82, 2.24) is 10.3 Å². The van der Waals surface area contributed by atoms with Crippen molar-refractivity contribution >= 4 is 16.8 Å². The summed E-state index contributed by atoms with van der Waals surface area (Å²) < 4.78 is 5.42. The molecule has 1 amide bonds. The highest BCUT2D eigenvalue weighted by Gasteiger charge is 2.21. The Labute approximate surface area is 136 Å². The number of aliphatic hydroxyl groups excluding tert-OH is 1. The highest BCUT2D eigenvalue weighted by molar-refractivity contribution is 5.91. The third kappa shape index (κ3) is 4.33. The molecule has 0 spiro atoms. The molecule has 1 aliphatic rings. The summed E-state index contributed by atoms with van der Waals surface area (Å²) in [6.45, 7) is 3.27. The van der Waals surface area contributed by atoms with E-state index in [4.69, 9.17) is 4.74 Å². The molecular formula is C18H24N2O3. The first kappa shape index (κ1) is 16.0. The zero-order valence-electron chi connectivity index (χ0n) is 13.5. The summed E-state index contributed by atoms with van der Waals surface area (Å²) >= 11 is 0. The van der Waals surface area contributed by atoms with Crippen LogP contribution >= 0.6 is 0 Å². The van der Waals surface area contributed by atoms with Gasteiger partial charge in [-0.05, 0) is 42.9 Å². The van der Waals surface area contributed by atoms with Gasteiger partial charge in [0.05, 0.1) is 19.1 Å². The fourth-order valence-electron chi connectivity index (χ4n) is 2.77. The van der Waals surface area contributed by atoms with E-state index in [2.05, 4.69) is 10.3 Å². The van der Waals surface area contributed by atoms with E-state index >= 15 is 0 Å². The number of benzene rings is 1. The van der Waals surface area contributed by atoms with Crippen molar-refractivity contribution in [3.63, 3.8) is 0 Å². The zero-order valence-corrected chi connectivity index (χ0v) is 13.5. The number of nitrogens with one attached hydrogen (secondary N) is 2. The number of aliphatic hydroxyl groups is 1. The summed E-state index contributed by atoms with van der Waals surface area (Å²) in [5, 5.41) is 13.7. The van der Waals surface area contributed by atoms with Crippen molar-refractivity contribution in [2.24, 2.45) is 5.92 Å². The predicted octanol–water partition coefficient (Wildman–Crippen LogP) is 1.92. The second-order valence-electron chi connectivity index (χ2n) is 6.43. The van der Waals surface area contributed by atoms with Gasteiger partial charge in [-0.3, -0.25) is 4.79 Å². The quantitative estimate of drug-likeness (QED) is 0.696. The monoisotopic (exact) mass is 316 g/mol. The van der Waals surface area contributed by atoms with E-state index in [1.165, 1.54) is 12.8 Å². The van der Waals surface area contributed by atoms with Crippen LogP contribution in [0.15, 0.2) is 24.4 Å². The minimum atomic E-state index is -0.651. The van der Waals surface area contributed by atoms with E-state index in [-0.39, 0.29) is 19.1 Å². The van der Waals surface area contributed by atoms with E-state index in [1.54, 1.807) is 0 Å². The van der Waals surface area contributed by atoms with Crippen molar-refractivity contribution in [1.29, 1.82) is 0 Å². The maximum Gasteiger partial charge on any atom is 0.224 e. The van der Waals surface area contributed by atoms with Crippen LogP contribution in [0.1, 0.15) is 24.0 Å². The lowest BCUT2D eigenvalue weighted by Gasteiger charge is -2.12. The molecule has 2 aromatic rings. The minimum Gasteiger partial charge on any atom is -0.389 e. The maximum atomic E-state index is 12.1. The Kier molecular flexibility index (Phi) is 4.98. The number of hydrogen-bond acceptors (Lipinski definition) is 3. The molecule has 3 rings (SSSR count). The van der Waals surface area contributed by atoms with Gasteiger partial charge in [0.2, 0.25) is 5.91 Å². The molecule has 0 saturated heterocycles. The van der Waals surface area contributed by atoms with Crippen molar-refractivity contribution in [3.05, 3.63) is 35.5 Å². The van der Waals surface area contributed by atoms with Crippen LogP contribution in [-0.4, -0.2) is 41.9 Å². The molecule has 0 aliphatic heterocycles. The predicted molar refractivity (Wildman–Crippen MR) is 89.3 cm³/mol. The van der Waals surface area contributed by atoms with Gasteiger partial charge in [0.15, 0.2) is 0 Å². The smallest absolute Gasteiger partial charge is 0.224 e. The SMILES string of the molecule is Cc1cccc2[nH]cc(CC(=O)NCC(O)COCC3CC3)c12. The van der Waals surface area contributed by atoms with E-state index in [1.807, 2.05) is 31.3 Å². The maximum absolute atomic E-state index is 12.1. The van der Waals surface area contributed by atoms with Crippen LogP contribution in [0.5, 0.6) is 0 Å². The zero-order chi connectivity index (χ0) is 16.2. The molecule has 0 bridgehead atoms. The van der Waals surface area contributed by atoms with Gasteiger partial charge in [-0.1, -0.05) is 12.1 Å². The molecule has 5 nitrogen and oxygen atoms in total. The number of fused-ring (bicyclic) bond motifs is 1. The van der Waals surface area contributed by atoms with Crippen LogP contribution in [0, 0.1) is 12.8 Å². The lowest BCUT2D eigenvalue weighted by atomic mass is 10.1. The lowest BCUT2D eigenvalue weighted by molar-refractivity contribution is -0.121. The largest absolute Gasteiger partial charge is 0.389 e. The molecule has 124 valence electrons. The van der Waals surface area contributed by atoms with Crippen LogP contribution in [0.25, 0.3) is 10.9 Å². The summed E-state index contributed by atoms with van der Waals surface area (Å²) in [6.07, 6.45) is 4.00. The number of aromatic amines is 1. The average molecular weight is 316 g/mol. The van der Waals surface area contributed by atoms with Gasteiger partial charge in [0.25, 0.3) is 0 Å². The molecule has 3 N–H and O–H groups in total. The topological polar surface area (TPSA) is 74.4 Å². The van der Waals surface area contributed by atoms with Gasteiger partial charge in [-0.25, -0.2) is 0 Å². The van der Waals surface area contributed by atoms with Crippen LogP contribution in [-0.2, 0) is 16.0 Å². The lowest BCUT2D eigenvalue weighted by Crippen LogP contribution is -2.35. The Morgan fingerprint density at radius 3 is 3.09 bits per heavy atom. The standard InChI is InChI=1S/C18H24N2O3/c1-12-3-2-4-16-18(12)14(8-19-16)7-17(22)20-9-15(21)11-23-10-13-5-6-13/h2-4,8,13,15,19,21H,5-7,9-11H2,1H3,(H,20,22). The normalized spacial score (nSPS) is 15.7. The second kappa shape index (κ2) is 7.15. The molecule has 1 aliphatic carbocycles. The summed E-state index contributed by atoms with van der Waals surface area (Å²) in [5.74, 6) is 0.595. The number of rotatable bonds is 8. The molecule has 1 saturated carbocycles. The van der Waals surface area contributed by atoms with Gasteiger partial charge < -0.3 is 20.1 Å². The van der Waals surface area contributed by atoms with Gasteiger partial charge in [0, 0.05) is 30.3 Å². The van der Waals surface area contributed by atoms with Gasteiger partial charge in [0.1, 0.15) is 0 Å². The molecule has 0 radical (unpaired) electrons. The third-order valence-electron chi connectivity index (χ3n) is 4.24. The number of carbonyl (C=O) groups is 1. The number of aryl methyl sites for hydroxylation is 1. The van der Waals surface area contributed by atoms with Gasteiger partial charge in [-0.2, -0.15) is 0 Å². The van der Waals surface area contributed by atoms with Crippen molar-refractivity contribution in [2.75, 3.05) is 19.8 Å². The number of hydrogen-bond donors (Lipinski definition) is 3. The fraction of sp³-hybridized carbons (Fsp3) is 0.500. The summed E-state index contributed by atoms with van der Waals surface area (Å²) in [5.41, 5.74) is 3.18. The van der Waals surface area contributed by atoms with Crippen LogP contribution in [0.4, 0.5) is 0 Å². The fourth-order valence-corrected chi connectivity index (χ4v) is 2.77. The number of carbonyl (C=O) groups excluding carboxylic acids is 1. The first-order chi connectivity index (χ1) is 11.1. The summed E-state index contributed by atoms with van der Waals surface area (Å²) in [4.78, 5) is 15.3. The molecule has 1 fully saturated rings. The number of amides is 1. The number of ether oxygens (including phenoxy) is 1. The van der Waals surface area contributed by atoms with Crippen molar-refractivity contribution in [2.45, 2.75) is 32.3 Å². The van der Waals surface area contributed by atoms with Gasteiger partial charge in [-0.15, -0.1) is 0 Å². The molecule has 1 atom stereocenters. The molecule has 1 heterocycles. The van der Waals surface area contributed by atoms with Crippen molar-refractivity contribution < 1.29 is 14.6 Å². The van der Waals surface area contributed by atoms with Crippen molar-refractivity contribution in [3.8, 4) is 0 Å². The Balaban J connectivity index is 1.46. The Morgan fingerprint density at radius 1 is 1.48 bits per heavy atom. The van der Waals surface area contributed by atoms with E-state index < -0.39 is 6.10 Å². The minimum absolute atomic E-state index is 0.0876. The first-order valence-electron chi connectivity index (χ1n) is 8.21. The third-order valence-corrected chi connectivity index (χ3v) is 4.24. The van der Waals surface area contributed by atoms with Crippen LogP contribution in [0.2, 0.25) is 0 Å². The molecular weight excluding hydrogens is 292 g/mol. The highest BCUT2D eigenvalue weighted by atomic mass is 16.5. The Hall–Kier alpha value is -1.85. The Bertz CT molecular complexity index is 676. The number of aromatic nitrogens is 1. The summed E-state index contributed by atoms with van der Waals surface area (Å²) in [7, 11) is 0. The Morgan fingerprint density at radius 2 is 2.30 bits per heavy atom. The molecule has 1 unspecified atom stereocenters. The number of H-pyrrole nitrogens is 1. The van der Waals surface area contributed by atoms with E-state index in [0.717, 1.165) is 28.6 Å². The molecule has 5 heteroatoms.